The zero-order valence-corrected chi connectivity index (χ0v) is 20.3. The van der Waals surface area contributed by atoms with Crippen LogP contribution in [0.1, 0.15) is 105 Å². The van der Waals surface area contributed by atoms with Crippen molar-refractivity contribution in [3.05, 3.63) is 0 Å². The summed E-state index contributed by atoms with van der Waals surface area (Å²) in [6, 6.07) is 0. The summed E-state index contributed by atoms with van der Waals surface area (Å²) in [7, 11) is 2.32. The Kier molecular flexibility index (Phi) is 6.72. The summed E-state index contributed by atoms with van der Waals surface area (Å²) < 4.78 is 0. The van der Waals surface area contributed by atoms with Crippen molar-refractivity contribution in [3.8, 4) is 0 Å². The lowest BCUT2D eigenvalue weighted by Gasteiger charge is -2.42. The molecule has 0 radical (unpaired) electrons. The van der Waals surface area contributed by atoms with Gasteiger partial charge in [-0.3, -0.25) is 4.90 Å². The third kappa shape index (κ3) is 4.74. The summed E-state index contributed by atoms with van der Waals surface area (Å²) in [5.74, 6) is 6.10. The Hall–Kier alpha value is -0.0800. The molecule has 29 heavy (non-hydrogen) atoms. The van der Waals surface area contributed by atoms with Crippen molar-refractivity contribution in [2.24, 2.45) is 35.5 Å². The van der Waals surface area contributed by atoms with Crippen molar-refractivity contribution in [2.45, 2.75) is 116 Å². The van der Waals surface area contributed by atoms with Gasteiger partial charge in [0.05, 0.1) is 0 Å². The Balaban J connectivity index is 1.14. The lowest BCUT2D eigenvalue weighted by atomic mass is 9.64. The molecular formula is C27H50N2. The number of hydrogen-bond donors (Lipinski definition) is 1. The SMILES string of the molecule is CN1C(C)(C)CC(CNCC2CCC(C3CCC(C4CCC4)CC3)CC2)C1(C)C. The topological polar surface area (TPSA) is 15.3 Å². The molecule has 2 heteroatoms. The molecule has 3 aliphatic carbocycles. The zero-order valence-electron chi connectivity index (χ0n) is 20.3. The largest absolute Gasteiger partial charge is 0.316 e. The standard InChI is InChI=1S/C27H50N2/c1-26(2)17-25(27(3,4)29(26)5)19-28-18-20-9-11-22(12-10-20)24-15-13-23(14-16-24)21-7-6-8-21/h20-25,28H,6-19H2,1-5H3. The van der Waals surface area contributed by atoms with Crippen molar-refractivity contribution < 1.29 is 0 Å². The van der Waals surface area contributed by atoms with E-state index in [1.807, 2.05) is 0 Å². The fraction of sp³-hybridized carbons (Fsp3) is 1.00. The van der Waals surface area contributed by atoms with Crippen LogP contribution in [-0.4, -0.2) is 36.1 Å². The van der Waals surface area contributed by atoms with E-state index in [2.05, 4.69) is 45.0 Å². The van der Waals surface area contributed by atoms with Crippen molar-refractivity contribution in [1.29, 1.82) is 0 Å². The van der Waals surface area contributed by atoms with Crippen molar-refractivity contribution in [2.75, 3.05) is 20.1 Å². The van der Waals surface area contributed by atoms with Crippen molar-refractivity contribution in [3.63, 3.8) is 0 Å². The molecule has 1 unspecified atom stereocenters. The highest BCUT2D eigenvalue weighted by Gasteiger charge is 2.48. The van der Waals surface area contributed by atoms with E-state index >= 15 is 0 Å². The monoisotopic (exact) mass is 402 g/mol. The van der Waals surface area contributed by atoms with E-state index in [1.165, 1.54) is 51.6 Å². The third-order valence-corrected chi connectivity index (χ3v) is 10.5. The summed E-state index contributed by atoms with van der Waals surface area (Å²) in [5, 5.41) is 3.91. The number of hydrogen-bond acceptors (Lipinski definition) is 2. The van der Waals surface area contributed by atoms with E-state index in [9.17, 15) is 0 Å². The summed E-state index contributed by atoms with van der Waals surface area (Å²) in [6.07, 6.45) is 18.2. The van der Waals surface area contributed by atoms with Gasteiger partial charge in [0.2, 0.25) is 0 Å². The molecule has 168 valence electrons. The molecule has 1 heterocycles. The van der Waals surface area contributed by atoms with E-state index in [4.69, 9.17) is 0 Å². The Bertz CT molecular complexity index is 519. The Morgan fingerprint density at radius 3 is 1.59 bits per heavy atom. The van der Waals surface area contributed by atoms with Crippen LogP contribution < -0.4 is 5.32 Å². The maximum atomic E-state index is 3.91. The van der Waals surface area contributed by atoms with Crippen LogP contribution in [0.3, 0.4) is 0 Å². The predicted molar refractivity (Wildman–Crippen MR) is 125 cm³/mol. The molecular weight excluding hydrogens is 352 g/mol. The molecule has 0 aromatic rings. The van der Waals surface area contributed by atoms with Crippen LogP contribution in [0.2, 0.25) is 0 Å². The fourth-order valence-electron chi connectivity index (χ4n) is 7.69. The lowest BCUT2D eigenvalue weighted by molar-refractivity contribution is 0.0951. The molecule has 1 saturated heterocycles. The van der Waals surface area contributed by atoms with Gasteiger partial charge in [-0.2, -0.15) is 0 Å². The van der Waals surface area contributed by atoms with Gasteiger partial charge in [-0.05, 0) is 141 Å². The Morgan fingerprint density at radius 1 is 0.690 bits per heavy atom. The first-order valence-electron chi connectivity index (χ1n) is 13.2. The zero-order chi connectivity index (χ0) is 20.6. The van der Waals surface area contributed by atoms with Gasteiger partial charge in [0.15, 0.2) is 0 Å². The quantitative estimate of drug-likeness (QED) is 0.545. The molecule has 4 fully saturated rings. The molecule has 1 N–H and O–H groups in total. The second-order valence-corrected chi connectivity index (χ2v) is 12.7. The summed E-state index contributed by atoms with van der Waals surface area (Å²) in [6.45, 7) is 12.2. The third-order valence-electron chi connectivity index (χ3n) is 10.5. The lowest BCUT2D eigenvalue weighted by Crippen LogP contribution is -2.48. The minimum atomic E-state index is 0.312. The predicted octanol–water partition coefficient (Wildman–Crippen LogP) is 6.50. The van der Waals surface area contributed by atoms with E-state index in [0.717, 1.165) is 35.5 Å². The van der Waals surface area contributed by atoms with Crippen LogP contribution in [0.15, 0.2) is 0 Å². The Labute approximate surface area is 182 Å². The first kappa shape index (κ1) is 22.1. The van der Waals surface area contributed by atoms with Crippen LogP contribution in [0.4, 0.5) is 0 Å². The van der Waals surface area contributed by atoms with Gasteiger partial charge in [0, 0.05) is 11.1 Å². The number of nitrogens with one attached hydrogen (secondary N) is 1. The minimum Gasteiger partial charge on any atom is -0.316 e. The Morgan fingerprint density at radius 2 is 1.17 bits per heavy atom. The van der Waals surface area contributed by atoms with Crippen LogP contribution in [-0.2, 0) is 0 Å². The maximum Gasteiger partial charge on any atom is 0.0196 e. The normalized spacial score (nSPS) is 40.7. The first-order valence-corrected chi connectivity index (χ1v) is 13.2. The molecule has 0 aromatic heterocycles. The van der Waals surface area contributed by atoms with E-state index in [-0.39, 0.29) is 0 Å². The highest BCUT2D eigenvalue weighted by atomic mass is 15.3. The van der Waals surface area contributed by atoms with E-state index < -0.39 is 0 Å². The smallest absolute Gasteiger partial charge is 0.0196 e. The molecule has 0 bridgehead atoms. The van der Waals surface area contributed by atoms with E-state index in [0.29, 0.717) is 11.1 Å². The number of likely N-dealkylation sites (tertiary alicyclic amines) is 1. The minimum absolute atomic E-state index is 0.312. The average molecular weight is 403 g/mol. The molecule has 4 rings (SSSR count). The second kappa shape index (κ2) is 8.81. The molecule has 0 aromatic carbocycles. The maximum absolute atomic E-state index is 3.91. The molecule has 3 saturated carbocycles. The molecule has 0 spiro atoms. The molecule has 0 amide bonds. The van der Waals surface area contributed by atoms with Gasteiger partial charge in [0.1, 0.15) is 0 Å². The molecule has 2 nitrogen and oxygen atoms in total. The molecule has 1 aliphatic heterocycles. The van der Waals surface area contributed by atoms with Gasteiger partial charge >= 0.3 is 0 Å². The van der Waals surface area contributed by atoms with Gasteiger partial charge < -0.3 is 5.32 Å². The molecule has 4 aliphatic rings. The van der Waals surface area contributed by atoms with E-state index in [1.54, 1.807) is 38.5 Å². The summed E-state index contributed by atoms with van der Waals surface area (Å²) in [4.78, 5) is 2.61. The number of nitrogens with zero attached hydrogens (tertiary/aromatic N) is 1. The first-order chi connectivity index (χ1) is 13.8. The fourth-order valence-corrected chi connectivity index (χ4v) is 7.69. The van der Waals surface area contributed by atoms with Gasteiger partial charge in [-0.15, -0.1) is 0 Å². The number of rotatable bonds is 6. The summed E-state index contributed by atoms with van der Waals surface area (Å²) >= 11 is 0. The highest BCUT2D eigenvalue weighted by Crippen LogP contribution is 2.47. The summed E-state index contributed by atoms with van der Waals surface area (Å²) in [5.41, 5.74) is 0.651. The molecule has 1 atom stereocenters. The van der Waals surface area contributed by atoms with Gasteiger partial charge in [-0.25, -0.2) is 0 Å². The van der Waals surface area contributed by atoms with Crippen molar-refractivity contribution >= 4 is 0 Å². The van der Waals surface area contributed by atoms with Crippen LogP contribution >= 0.6 is 0 Å². The highest BCUT2D eigenvalue weighted by molar-refractivity contribution is 5.04. The van der Waals surface area contributed by atoms with Crippen molar-refractivity contribution in [1.82, 2.24) is 10.2 Å². The van der Waals surface area contributed by atoms with Crippen LogP contribution in [0, 0.1) is 35.5 Å². The van der Waals surface area contributed by atoms with Crippen LogP contribution in [0.25, 0.3) is 0 Å². The van der Waals surface area contributed by atoms with Crippen LogP contribution in [0.5, 0.6) is 0 Å². The second-order valence-electron chi connectivity index (χ2n) is 12.7. The van der Waals surface area contributed by atoms with Gasteiger partial charge in [0.25, 0.3) is 0 Å². The van der Waals surface area contributed by atoms with Gasteiger partial charge in [-0.1, -0.05) is 19.3 Å². The average Bonchev–Trinajstić information content (AvgIpc) is 2.81.